The summed E-state index contributed by atoms with van der Waals surface area (Å²) < 4.78 is 12.8. The van der Waals surface area contributed by atoms with E-state index < -0.39 is 6.10 Å². The molecule has 0 fully saturated rings. The van der Waals surface area contributed by atoms with Crippen LogP contribution in [0, 0.1) is 12.7 Å². The number of aryl methyl sites for hydroxylation is 1. The Morgan fingerprint density at radius 1 is 1.10 bits per heavy atom. The minimum atomic E-state index is -0.637. The first-order valence-corrected chi connectivity index (χ1v) is 6.80. The quantitative estimate of drug-likeness (QED) is 0.873. The first kappa shape index (κ1) is 14.7. The number of hydrogen-bond acceptors (Lipinski definition) is 2. The minimum Gasteiger partial charge on any atom is -0.387 e. The Bertz CT molecular complexity index is 553. The second-order valence-electron chi connectivity index (χ2n) is 5.05. The van der Waals surface area contributed by atoms with E-state index in [9.17, 15) is 9.50 Å². The molecule has 2 nitrogen and oxygen atoms in total. The molecule has 0 saturated carbocycles. The molecule has 0 aliphatic rings. The molecule has 2 N–H and O–H groups in total. The van der Waals surface area contributed by atoms with Crippen LogP contribution in [0.25, 0.3) is 0 Å². The average molecular weight is 273 g/mol. The lowest BCUT2D eigenvalue weighted by Gasteiger charge is -2.19. The molecule has 0 bridgehead atoms. The lowest BCUT2D eigenvalue weighted by atomic mass is 10.0. The van der Waals surface area contributed by atoms with Gasteiger partial charge in [-0.3, -0.25) is 0 Å². The highest BCUT2D eigenvalue weighted by atomic mass is 19.1. The van der Waals surface area contributed by atoms with Crippen LogP contribution in [0.2, 0.25) is 0 Å². The first-order valence-electron chi connectivity index (χ1n) is 6.80. The molecule has 20 heavy (non-hydrogen) atoms. The minimum absolute atomic E-state index is 0.159. The molecule has 106 valence electrons. The number of halogens is 1. The zero-order valence-electron chi connectivity index (χ0n) is 11.8. The van der Waals surface area contributed by atoms with Crippen molar-refractivity contribution < 1.29 is 9.50 Å². The van der Waals surface area contributed by atoms with Crippen molar-refractivity contribution in [3.8, 4) is 0 Å². The van der Waals surface area contributed by atoms with Crippen LogP contribution >= 0.6 is 0 Å². The third kappa shape index (κ3) is 3.65. The normalized spacial score (nSPS) is 14.0. The Morgan fingerprint density at radius 2 is 1.75 bits per heavy atom. The van der Waals surface area contributed by atoms with Crippen molar-refractivity contribution in [1.82, 2.24) is 5.32 Å². The lowest BCUT2D eigenvalue weighted by molar-refractivity contribution is 0.170. The average Bonchev–Trinajstić information content (AvgIpc) is 2.45. The summed E-state index contributed by atoms with van der Waals surface area (Å²) in [6, 6.07) is 14.3. The Morgan fingerprint density at radius 3 is 2.40 bits per heavy atom. The van der Waals surface area contributed by atoms with E-state index in [4.69, 9.17) is 0 Å². The summed E-state index contributed by atoms with van der Waals surface area (Å²) >= 11 is 0. The molecule has 0 aromatic heterocycles. The summed E-state index contributed by atoms with van der Waals surface area (Å²) in [5.74, 6) is -0.290. The van der Waals surface area contributed by atoms with Gasteiger partial charge in [0.15, 0.2) is 0 Å². The molecular formula is C17H20FNO. The zero-order valence-corrected chi connectivity index (χ0v) is 11.8. The summed E-state index contributed by atoms with van der Waals surface area (Å²) in [5, 5.41) is 13.4. The molecule has 0 heterocycles. The van der Waals surface area contributed by atoms with Crippen molar-refractivity contribution in [1.29, 1.82) is 0 Å². The highest BCUT2D eigenvalue weighted by Gasteiger charge is 2.11. The van der Waals surface area contributed by atoms with Crippen LogP contribution in [0.5, 0.6) is 0 Å². The molecule has 0 aliphatic heterocycles. The molecule has 2 rings (SSSR count). The second kappa shape index (κ2) is 6.64. The highest BCUT2D eigenvalue weighted by molar-refractivity contribution is 5.28. The smallest absolute Gasteiger partial charge is 0.123 e. The van der Waals surface area contributed by atoms with Crippen LogP contribution < -0.4 is 5.32 Å². The van der Waals surface area contributed by atoms with Gasteiger partial charge >= 0.3 is 0 Å². The predicted octanol–water partition coefficient (Wildman–Crippen LogP) is 3.52. The summed E-state index contributed by atoms with van der Waals surface area (Å²) in [5.41, 5.74) is 3.17. The fourth-order valence-electron chi connectivity index (χ4n) is 2.27. The molecule has 2 atom stereocenters. The van der Waals surface area contributed by atoms with Crippen LogP contribution in [0.1, 0.15) is 35.8 Å². The molecule has 0 radical (unpaired) electrons. The summed E-state index contributed by atoms with van der Waals surface area (Å²) in [4.78, 5) is 0. The second-order valence-corrected chi connectivity index (χ2v) is 5.05. The van der Waals surface area contributed by atoms with Crippen LogP contribution in [-0.4, -0.2) is 11.7 Å². The maximum absolute atomic E-state index is 12.8. The third-order valence-corrected chi connectivity index (χ3v) is 3.53. The molecule has 0 saturated heterocycles. The van der Waals surface area contributed by atoms with Gasteiger partial charge in [0.25, 0.3) is 0 Å². The molecule has 0 aliphatic carbocycles. The maximum atomic E-state index is 12.8. The van der Waals surface area contributed by atoms with Crippen LogP contribution in [0.3, 0.4) is 0 Å². The van der Waals surface area contributed by atoms with E-state index in [2.05, 4.69) is 31.3 Å². The molecule has 0 spiro atoms. The molecular weight excluding hydrogens is 253 g/mol. The van der Waals surface area contributed by atoms with Gasteiger partial charge < -0.3 is 10.4 Å². The largest absolute Gasteiger partial charge is 0.387 e. The molecule has 2 aromatic rings. The maximum Gasteiger partial charge on any atom is 0.123 e. The van der Waals surface area contributed by atoms with Gasteiger partial charge in [-0.15, -0.1) is 0 Å². The van der Waals surface area contributed by atoms with Crippen molar-refractivity contribution >= 4 is 0 Å². The third-order valence-electron chi connectivity index (χ3n) is 3.53. The van der Waals surface area contributed by atoms with Gasteiger partial charge in [0, 0.05) is 12.6 Å². The topological polar surface area (TPSA) is 32.3 Å². The summed E-state index contributed by atoms with van der Waals surface area (Å²) in [6.45, 7) is 4.57. The van der Waals surface area contributed by atoms with Crippen molar-refractivity contribution in [2.75, 3.05) is 6.54 Å². The van der Waals surface area contributed by atoms with Gasteiger partial charge in [-0.05, 0) is 42.7 Å². The standard InChI is InChI=1S/C17H20FNO/c1-12-5-3-4-6-16(12)13(2)19-11-17(20)14-7-9-15(18)10-8-14/h3-10,13,17,19-20H,11H2,1-2H3/t13-,17?/m0/s1. The van der Waals surface area contributed by atoms with Gasteiger partial charge in [-0.2, -0.15) is 0 Å². The fraction of sp³-hybridized carbons (Fsp3) is 0.294. The van der Waals surface area contributed by atoms with Gasteiger partial charge in [-0.25, -0.2) is 4.39 Å². The fourth-order valence-corrected chi connectivity index (χ4v) is 2.27. The van der Waals surface area contributed by atoms with E-state index in [1.807, 2.05) is 12.1 Å². The van der Waals surface area contributed by atoms with Crippen LogP contribution in [0.15, 0.2) is 48.5 Å². The zero-order chi connectivity index (χ0) is 14.5. The van der Waals surface area contributed by atoms with E-state index in [-0.39, 0.29) is 11.9 Å². The monoisotopic (exact) mass is 273 g/mol. The molecule has 1 unspecified atom stereocenters. The van der Waals surface area contributed by atoms with Crippen molar-refractivity contribution in [3.05, 3.63) is 71.0 Å². The number of benzene rings is 2. The first-order chi connectivity index (χ1) is 9.58. The van der Waals surface area contributed by atoms with E-state index in [1.54, 1.807) is 12.1 Å². The van der Waals surface area contributed by atoms with Crippen LogP contribution in [-0.2, 0) is 0 Å². The van der Waals surface area contributed by atoms with Gasteiger partial charge in [0.05, 0.1) is 6.10 Å². The predicted molar refractivity (Wildman–Crippen MR) is 79.0 cm³/mol. The number of hydrogen-bond donors (Lipinski definition) is 2. The van der Waals surface area contributed by atoms with Gasteiger partial charge in [0.2, 0.25) is 0 Å². The summed E-state index contributed by atoms with van der Waals surface area (Å²) in [7, 11) is 0. The van der Waals surface area contributed by atoms with E-state index in [0.29, 0.717) is 6.54 Å². The molecule has 2 aromatic carbocycles. The van der Waals surface area contributed by atoms with E-state index in [1.165, 1.54) is 23.3 Å². The Balaban J connectivity index is 1.95. The van der Waals surface area contributed by atoms with Gasteiger partial charge in [-0.1, -0.05) is 36.4 Å². The lowest BCUT2D eigenvalue weighted by Crippen LogP contribution is -2.25. The SMILES string of the molecule is Cc1ccccc1[C@H](C)NCC(O)c1ccc(F)cc1. The van der Waals surface area contributed by atoms with E-state index in [0.717, 1.165) is 5.56 Å². The Hall–Kier alpha value is -1.71. The summed E-state index contributed by atoms with van der Waals surface area (Å²) in [6.07, 6.45) is -0.637. The van der Waals surface area contributed by atoms with Crippen molar-refractivity contribution in [2.45, 2.75) is 26.0 Å². The van der Waals surface area contributed by atoms with E-state index >= 15 is 0 Å². The van der Waals surface area contributed by atoms with Crippen molar-refractivity contribution in [2.24, 2.45) is 0 Å². The number of nitrogens with one attached hydrogen (secondary N) is 1. The van der Waals surface area contributed by atoms with Crippen LogP contribution in [0.4, 0.5) is 4.39 Å². The number of aliphatic hydroxyl groups excluding tert-OH is 1. The Kier molecular flexibility index (Phi) is 4.88. The van der Waals surface area contributed by atoms with Gasteiger partial charge in [0.1, 0.15) is 5.82 Å². The molecule has 0 amide bonds. The number of aliphatic hydroxyl groups is 1. The Labute approximate surface area is 119 Å². The number of rotatable bonds is 5. The van der Waals surface area contributed by atoms with Crippen molar-refractivity contribution in [3.63, 3.8) is 0 Å². The highest BCUT2D eigenvalue weighted by Crippen LogP contribution is 2.18. The molecule has 3 heteroatoms.